The Kier molecular flexibility index (Phi) is 4.46. The van der Waals surface area contributed by atoms with E-state index in [0.717, 1.165) is 12.8 Å². The maximum Gasteiger partial charge on any atom is 0.317 e. The molecule has 2 atom stereocenters. The second kappa shape index (κ2) is 6.11. The highest BCUT2D eigenvalue weighted by Crippen LogP contribution is 2.34. The van der Waals surface area contributed by atoms with Crippen LogP contribution in [0.5, 0.6) is 0 Å². The van der Waals surface area contributed by atoms with Gasteiger partial charge in [-0.05, 0) is 25.2 Å². The maximum atomic E-state index is 12.1. The van der Waals surface area contributed by atoms with Gasteiger partial charge in [0, 0.05) is 19.1 Å². The minimum absolute atomic E-state index is 0.0509. The number of amides is 2. The van der Waals surface area contributed by atoms with Crippen molar-refractivity contribution >= 4 is 18.0 Å². The lowest BCUT2D eigenvalue weighted by atomic mass is 10.1. The van der Waals surface area contributed by atoms with Crippen molar-refractivity contribution in [2.75, 3.05) is 20.2 Å². The van der Waals surface area contributed by atoms with E-state index in [2.05, 4.69) is 10.1 Å². The van der Waals surface area contributed by atoms with Crippen molar-refractivity contribution < 1.29 is 24.2 Å². The van der Waals surface area contributed by atoms with E-state index in [9.17, 15) is 14.4 Å². The summed E-state index contributed by atoms with van der Waals surface area (Å²) < 4.78 is 4.67. The first-order valence-electron chi connectivity index (χ1n) is 6.86. The zero-order valence-electron chi connectivity index (χ0n) is 11.5. The number of methoxy groups -OCH3 is 1. The number of esters is 1. The van der Waals surface area contributed by atoms with Gasteiger partial charge in [-0.25, -0.2) is 4.79 Å². The molecule has 1 saturated carbocycles. The molecule has 0 bridgehead atoms. The third-order valence-corrected chi connectivity index (χ3v) is 3.90. The number of hydrogen-bond donors (Lipinski definition) is 2. The average molecular weight is 284 g/mol. The average Bonchev–Trinajstić information content (AvgIpc) is 3.13. The maximum absolute atomic E-state index is 12.1. The summed E-state index contributed by atoms with van der Waals surface area (Å²) in [4.78, 5) is 35.9. The monoisotopic (exact) mass is 284 g/mol. The molecule has 0 radical (unpaired) electrons. The first kappa shape index (κ1) is 14.6. The second-order valence-electron chi connectivity index (χ2n) is 5.45. The summed E-state index contributed by atoms with van der Waals surface area (Å²) in [6.07, 6.45) is 2.46. The third kappa shape index (κ3) is 3.61. The minimum Gasteiger partial charge on any atom is -0.481 e. The van der Waals surface area contributed by atoms with Gasteiger partial charge in [-0.3, -0.25) is 9.59 Å². The SMILES string of the molecule is COC(=O)C1CCN(C(=O)NC(CC(=O)O)C2CC2)C1. The molecule has 2 rings (SSSR count). The Morgan fingerprint density at radius 3 is 2.60 bits per heavy atom. The van der Waals surface area contributed by atoms with Crippen LogP contribution in [0.4, 0.5) is 4.79 Å². The number of carboxylic acid groups (broad SMARTS) is 1. The van der Waals surface area contributed by atoms with Crippen LogP contribution in [0.2, 0.25) is 0 Å². The van der Waals surface area contributed by atoms with E-state index in [1.807, 2.05) is 0 Å². The molecule has 2 unspecified atom stereocenters. The quantitative estimate of drug-likeness (QED) is 0.714. The summed E-state index contributed by atoms with van der Waals surface area (Å²) in [5.41, 5.74) is 0. The summed E-state index contributed by atoms with van der Waals surface area (Å²) >= 11 is 0. The molecule has 2 aliphatic rings. The molecule has 0 aromatic carbocycles. The van der Waals surface area contributed by atoms with Crippen LogP contribution in [0.25, 0.3) is 0 Å². The second-order valence-corrected chi connectivity index (χ2v) is 5.45. The molecule has 7 nitrogen and oxygen atoms in total. The highest BCUT2D eigenvalue weighted by Gasteiger charge is 2.37. The first-order valence-corrected chi connectivity index (χ1v) is 6.86. The molecule has 7 heteroatoms. The molecule has 2 N–H and O–H groups in total. The van der Waals surface area contributed by atoms with Gasteiger partial charge in [0.05, 0.1) is 19.4 Å². The van der Waals surface area contributed by atoms with Gasteiger partial charge < -0.3 is 20.1 Å². The van der Waals surface area contributed by atoms with Gasteiger partial charge in [-0.1, -0.05) is 0 Å². The summed E-state index contributed by atoms with van der Waals surface area (Å²) in [6, 6.07) is -0.591. The number of carboxylic acids is 1. The predicted octanol–water partition coefficient (Wildman–Crippen LogP) is 0.444. The fourth-order valence-electron chi connectivity index (χ4n) is 2.58. The normalized spacial score (nSPS) is 23.2. The number of urea groups is 1. The highest BCUT2D eigenvalue weighted by atomic mass is 16.5. The van der Waals surface area contributed by atoms with Crippen LogP contribution in [0.15, 0.2) is 0 Å². The largest absolute Gasteiger partial charge is 0.481 e. The molecule has 2 amide bonds. The van der Waals surface area contributed by atoms with Crippen molar-refractivity contribution in [2.24, 2.45) is 11.8 Å². The fraction of sp³-hybridized carbons (Fsp3) is 0.769. The van der Waals surface area contributed by atoms with Gasteiger partial charge >= 0.3 is 18.0 Å². The molecule has 20 heavy (non-hydrogen) atoms. The Balaban J connectivity index is 1.85. The molecule has 0 aromatic heterocycles. The van der Waals surface area contributed by atoms with Crippen LogP contribution < -0.4 is 5.32 Å². The number of carbonyl (C=O) groups excluding carboxylic acids is 2. The number of aliphatic carboxylic acids is 1. The first-order chi connectivity index (χ1) is 9.51. The van der Waals surface area contributed by atoms with E-state index < -0.39 is 5.97 Å². The van der Waals surface area contributed by atoms with E-state index in [1.54, 1.807) is 4.90 Å². The van der Waals surface area contributed by atoms with Crippen LogP contribution in [-0.4, -0.2) is 54.2 Å². The van der Waals surface area contributed by atoms with Crippen LogP contribution in [-0.2, 0) is 14.3 Å². The van der Waals surface area contributed by atoms with E-state index >= 15 is 0 Å². The van der Waals surface area contributed by atoms with Gasteiger partial charge in [0.2, 0.25) is 0 Å². The molecule has 2 fully saturated rings. The molecular formula is C13H20N2O5. The topological polar surface area (TPSA) is 95.9 Å². The number of ether oxygens (including phenoxy) is 1. The van der Waals surface area contributed by atoms with E-state index in [0.29, 0.717) is 19.5 Å². The summed E-state index contributed by atoms with van der Waals surface area (Å²) in [5.74, 6) is -1.21. The molecular weight excluding hydrogens is 264 g/mol. The molecule has 1 heterocycles. The van der Waals surface area contributed by atoms with Gasteiger partial charge in [0.15, 0.2) is 0 Å². The molecule has 1 aliphatic heterocycles. The number of rotatable bonds is 5. The summed E-state index contributed by atoms with van der Waals surface area (Å²) in [6.45, 7) is 0.832. The van der Waals surface area contributed by atoms with Crippen LogP contribution in [0, 0.1) is 11.8 Å². The van der Waals surface area contributed by atoms with Crippen molar-refractivity contribution in [1.29, 1.82) is 0 Å². The fourth-order valence-corrected chi connectivity index (χ4v) is 2.58. The lowest BCUT2D eigenvalue weighted by molar-refractivity contribution is -0.144. The lowest BCUT2D eigenvalue weighted by Gasteiger charge is -2.22. The zero-order valence-corrected chi connectivity index (χ0v) is 11.5. The highest BCUT2D eigenvalue weighted by molar-refractivity contribution is 5.79. The van der Waals surface area contributed by atoms with E-state index in [-0.39, 0.29) is 36.3 Å². The molecule has 112 valence electrons. The van der Waals surface area contributed by atoms with Gasteiger partial charge in [-0.15, -0.1) is 0 Å². The van der Waals surface area contributed by atoms with Crippen molar-refractivity contribution in [3.8, 4) is 0 Å². The Morgan fingerprint density at radius 2 is 2.05 bits per heavy atom. The van der Waals surface area contributed by atoms with Gasteiger partial charge in [0.1, 0.15) is 0 Å². The number of nitrogens with zero attached hydrogens (tertiary/aromatic N) is 1. The molecule has 1 aliphatic carbocycles. The Labute approximate surface area is 117 Å². The van der Waals surface area contributed by atoms with Crippen LogP contribution >= 0.6 is 0 Å². The van der Waals surface area contributed by atoms with Crippen LogP contribution in [0.1, 0.15) is 25.7 Å². The Hall–Kier alpha value is -1.79. The standard InChI is InChI=1S/C13H20N2O5/c1-20-12(18)9-4-5-15(7-9)13(19)14-10(6-11(16)17)8-2-3-8/h8-10H,2-7H2,1H3,(H,14,19)(H,16,17). The van der Waals surface area contributed by atoms with Crippen molar-refractivity contribution in [2.45, 2.75) is 31.7 Å². The lowest BCUT2D eigenvalue weighted by Crippen LogP contribution is -2.45. The summed E-state index contributed by atoms with van der Waals surface area (Å²) in [5, 5.41) is 11.6. The number of likely N-dealkylation sites (tertiary alicyclic amines) is 1. The minimum atomic E-state index is -0.906. The smallest absolute Gasteiger partial charge is 0.317 e. The molecule has 0 aromatic rings. The summed E-state index contributed by atoms with van der Waals surface area (Å²) in [7, 11) is 1.33. The molecule has 1 saturated heterocycles. The van der Waals surface area contributed by atoms with Gasteiger partial charge in [0.25, 0.3) is 0 Å². The van der Waals surface area contributed by atoms with E-state index in [4.69, 9.17) is 5.11 Å². The van der Waals surface area contributed by atoms with Crippen molar-refractivity contribution in [3.63, 3.8) is 0 Å². The number of hydrogen-bond acceptors (Lipinski definition) is 4. The van der Waals surface area contributed by atoms with E-state index in [1.165, 1.54) is 7.11 Å². The Morgan fingerprint density at radius 1 is 1.35 bits per heavy atom. The number of carbonyl (C=O) groups is 3. The van der Waals surface area contributed by atoms with Crippen LogP contribution in [0.3, 0.4) is 0 Å². The predicted molar refractivity (Wildman–Crippen MR) is 69.0 cm³/mol. The number of nitrogens with one attached hydrogen (secondary N) is 1. The zero-order chi connectivity index (χ0) is 14.7. The van der Waals surface area contributed by atoms with Crippen molar-refractivity contribution in [1.82, 2.24) is 10.2 Å². The Bertz CT molecular complexity index is 408. The molecule has 0 spiro atoms. The van der Waals surface area contributed by atoms with Gasteiger partial charge in [-0.2, -0.15) is 0 Å². The van der Waals surface area contributed by atoms with Crippen molar-refractivity contribution in [3.05, 3.63) is 0 Å². The third-order valence-electron chi connectivity index (χ3n) is 3.90.